The maximum atomic E-state index is 12.1. The van der Waals surface area contributed by atoms with Gasteiger partial charge < -0.3 is 15.5 Å². The average Bonchev–Trinajstić information content (AvgIpc) is 2.71. The fourth-order valence-corrected chi connectivity index (χ4v) is 2.19. The second-order valence-electron chi connectivity index (χ2n) is 3.59. The van der Waals surface area contributed by atoms with Crippen LogP contribution in [0.3, 0.4) is 0 Å². The van der Waals surface area contributed by atoms with Gasteiger partial charge in [-0.05, 0) is 6.42 Å². The molecule has 1 aliphatic heterocycles. The zero-order valence-electron chi connectivity index (χ0n) is 9.39. The quantitative estimate of drug-likeness (QED) is 0.747. The van der Waals surface area contributed by atoms with Crippen molar-refractivity contribution in [1.82, 2.24) is 20.4 Å². The lowest BCUT2D eigenvalue weighted by molar-refractivity contribution is -0.121. The van der Waals surface area contributed by atoms with Gasteiger partial charge in [-0.3, -0.25) is 9.59 Å². The van der Waals surface area contributed by atoms with Crippen molar-refractivity contribution in [2.45, 2.75) is 6.42 Å². The molecule has 1 fully saturated rings. The molecule has 0 saturated carbocycles. The number of nitrogens with zero attached hydrogens (tertiary/aromatic N) is 3. The molecule has 0 spiro atoms. The van der Waals surface area contributed by atoms with Crippen LogP contribution in [0.15, 0.2) is 0 Å². The Morgan fingerprint density at radius 1 is 1.53 bits per heavy atom. The van der Waals surface area contributed by atoms with Crippen molar-refractivity contribution < 1.29 is 9.59 Å². The Morgan fingerprint density at radius 3 is 3.06 bits per heavy atom. The minimum Gasteiger partial charge on any atom is -0.363 e. The summed E-state index contributed by atoms with van der Waals surface area (Å²) in [5.41, 5.74) is 0. The second kappa shape index (κ2) is 5.09. The molecule has 0 bridgehead atoms. The van der Waals surface area contributed by atoms with Crippen molar-refractivity contribution in [3.8, 4) is 0 Å². The van der Waals surface area contributed by atoms with Gasteiger partial charge in [0.2, 0.25) is 16.0 Å². The lowest BCUT2D eigenvalue weighted by Crippen LogP contribution is -2.37. The van der Waals surface area contributed by atoms with Crippen molar-refractivity contribution in [1.29, 1.82) is 0 Å². The molecule has 1 saturated heterocycles. The summed E-state index contributed by atoms with van der Waals surface area (Å²) in [6.45, 7) is 1.26. The van der Waals surface area contributed by atoms with E-state index in [1.54, 1.807) is 7.05 Å². The highest BCUT2D eigenvalue weighted by molar-refractivity contribution is 7.17. The minimum absolute atomic E-state index is 0.0906. The van der Waals surface area contributed by atoms with Crippen molar-refractivity contribution in [2.75, 3.05) is 32.0 Å². The number of hydrogen-bond donors (Lipinski definition) is 2. The first kappa shape index (κ1) is 11.8. The summed E-state index contributed by atoms with van der Waals surface area (Å²) in [7, 11) is 1.72. The molecule has 1 aromatic rings. The number of carbonyl (C=O) groups is 2. The number of amides is 2. The number of nitrogens with one attached hydrogen (secondary N) is 2. The molecule has 17 heavy (non-hydrogen) atoms. The average molecular weight is 255 g/mol. The third-order valence-electron chi connectivity index (χ3n) is 2.37. The Balaban J connectivity index is 2.10. The summed E-state index contributed by atoms with van der Waals surface area (Å²) in [5.74, 6) is -0.366. The molecule has 0 radical (unpaired) electrons. The van der Waals surface area contributed by atoms with Gasteiger partial charge in [0.25, 0.3) is 5.91 Å². The molecule has 2 rings (SSSR count). The lowest BCUT2D eigenvalue weighted by atomic mass is 10.4. The fourth-order valence-electron chi connectivity index (χ4n) is 1.53. The van der Waals surface area contributed by atoms with Gasteiger partial charge in [-0.1, -0.05) is 11.3 Å². The van der Waals surface area contributed by atoms with E-state index in [0.717, 1.165) is 6.42 Å². The number of rotatable bonds is 2. The number of carbonyl (C=O) groups excluding carboxylic acids is 2. The molecule has 0 unspecified atom stereocenters. The van der Waals surface area contributed by atoms with E-state index in [1.807, 2.05) is 0 Å². The molecule has 7 nitrogen and oxygen atoms in total. The van der Waals surface area contributed by atoms with Crippen LogP contribution in [-0.2, 0) is 4.79 Å². The highest BCUT2D eigenvalue weighted by Gasteiger charge is 2.23. The number of aromatic nitrogens is 2. The van der Waals surface area contributed by atoms with Crippen molar-refractivity contribution in [3.63, 3.8) is 0 Å². The molecule has 92 valence electrons. The summed E-state index contributed by atoms with van der Waals surface area (Å²) >= 11 is 1.19. The molecule has 1 aromatic heterocycles. The molecule has 1 aliphatic rings. The maximum Gasteiger partial charge on any atom is 0.285 e. The predicted molar refractivity (Wildman–Crippen MR) is 63.0 cm³/mol. The van der Waals surface area contributed by atoms with E-state index in [-0.39, 0.29) is 18.4 Å². The first-order valence-electron chi connectivity index (χ1n) is 5.28. The first-order chi connectivity index (χ1) is 8.20. The highest BCUT2D eigenvalue weighted by Crippen LogP contribution is 2.16. The summed E-state index contributed by atoms with van der Waals surface area (Å²) in [6, 6.07) is 0. The molecule has 2 N–H and O–H groups in total. The van der Waals surface area contributed by atoms with Crippen molar-refractivity contribution in [2.24, 2.45) is 0 Å². The van der Waals surface area contributed by atoms with E-state index in [2.05, 4.69) is 20.8 Å². The van der Waals surface area contributed by atoms with Gasteiger partial charge in [0.05, 0.1) is 6.54 Å². The topological polar surface area (TPSA) is 87.2 Å². The second-order valence-corrected chi connectivity index (χ2v) is 4.57. The van der Waals surface area contributed by atoms with Crippen LogP contribution in [0.25, 0.3) is 0 Å². The maximum absolute atomic E-state index is 12.1. The van der Waals surface area contributed by atoms with Crippen LogP contribution in [0.2, 0.25) is 0 Å². The molecular weight excluding hydrogens is 242 g/mol. The third kappa shape index (κ3) is 2.70. The van der Waals surface area contributed by atoms with Gasteiger partial charge in [0.1, 0.15) is 0 Å². The number of hydrogen-bond acceptors (Lipinski definition) is 6. The normalized spacial score (nSPS) is 16.3. The molecule has 2 heterocycles. The van der Waals surface area contributed by atoms with E-state index in [9.17, 15) is 9.59 Å². The predicted octanol–water partition coefficient (Wildman–Crippen LogP) is -0.458. The minimum atomic E-state index is -0.235. The van der Waals surface area contributed by atoms with Gasteiger partial charge >= 0.3 is 0 Å². The van der Waals surface area contributed by atoms with Crippen molar-refractivity contribution >= 4 is 28.3 Å². The monoisotopic (exact) mass is 255 g/mol. The van der Waals surface area contributed by atoms with Crippen LogP contribution in [0, 0.1) is 0 Å². The molecule has 8 heteroatoms. The van der Waals surface area contributed by atoms with Gasteiger partial charge in [0.15, 0.2) is 0 Å². The van der Waals surface area contributed by atoms with Gasteiger partial charge in [0, 0.05) is 20.1 Å². The SMILES string of the molecule is CNc1nnc(C(=O)N2CCCNC(=O)C2)s1. The fraction of sp³-hybridized carbons (Fsp3) is 0.556. The third-order valence-corrected chi connectivity index (χ3v) is 3.30. The van der Waals surface area contributed by atoms with Crippen LogP contribution in [-0.4, -0.2) is 53.6 Å². The highest BCUT2D eigenvalue weighted by atomic mass is 32.1. The number of anilines is 1. The Morgan fingerprint density at radius 2 is 2.35 bits per heavy atom. The molecule has 0 aliphatic carbocycles. The Hall–Kier alpha value is -1.70. The van der Waals surface area contributed by atoms with Crippen LogP contribution >= 0.6 is 11.3 Å². The van der Waals surface area contributed by atoms with E-state index >= 15 is 0 Å². The van der Waals surface area contributed by atoms with Crippen LogP contribution < -0.4 is 10.6 Å². The van der Waals surface area contributed by atoms with E-state index in [0.29, 0.717) is 23.2 Å². The van der Waals surface area contributed by atoms with E-state index in [4.69, 9.17) is 0 Å². The van der Waals surface area contributed by atoms with Gasteiger partial charge in [-0.15, -0.1) is 10.2 Å². The molecule has 0 aromatic carbocycles. The van der Waals surface area contributed by atoms with Gasteiger partial charge in [-0.2, -0.15) is 0 Å². The molecular formula is C9H13N5O2S. The smallest absolute Gasteiger partial charge is 0.285 e. The summed E-state index contributed by atoms with van der Waals surface area (Å²) in [5, 5.41) is 14.0. The largest absolute Gasteiger partial charge is 0.363 e. The Kier molecular flexibility index (Phi) is 3.52. The van der Waals surface area contributed by atoms with Crippen LogP contribution in [0.5, 0.6) is 0 Å². The molecule has 2 amide bonds. The van der Waals surface area contributed by atoms with E-state index in [1.165, 1.54) is 16.2 Å². The zero-order chi connectivity index (χ0) is 12.3. The lowest BCUT2D eigenvalue weighted by Gasteiger charge is -2.16. The Bertz CT molecular complexity index is 433. The standard InChI is InChI=1S/C9H13N5O2S/c1-10-9-13-12-7(17-9)8(16)14-4-2-3-11-6(15)5-14/h2-5H2,1H3,(H,10,13)(H,11,15). The summed E-state index contributed by atoms with van der Waals surface area (Å²) in [6.07, 6.45) is 0.759. The van der Waals surface area contributed by atoms with E-state index < -0.39 is 0 Å². The summed E-state index contributed by atoms with van der Waals surface area (Å²) < 4.78 is 0. The van der Waals surface area contributed by atoms with Crippen LogP contribution in [0.4, 0.5) is 5.13 Å². The van der Waals surface area contributed by atoms with Gasteiger partial charge in [-0.25, -0.2) is 0 Å². The van der Waals surface area contributed by atoms with Crippen molar-refractivity contribution in [3.05, 3.63) is 5.01 Å². The van der Waals surface area contributed by atoms with Crippen LogP contribution in [0.1, 0.15) is 16.2 Å². The molecule has 0 atom stereocenters. The first-order valence-corrected chi connectivity index (χ1v) is 6.09. The zero-order valence-corrected chi connectivity index (χ0v) is 10.2. The summed E-state index contributed by atoms with van der Waals surface area (Å²) in [4.78, 5) is 24.9. The Labute approximate surface area is 102 Å².